The van der Waals surface area contributed by atoms with Crippen LogP contribution in [0.1, 0.15) is 13.3 Å². The number of carbonyl (C=O) groups is 1. The van der Waals surface area contributed by atoms with E-state index >= 15 is 0 Å². The van der Waals surface area contributed by atoms with Crippen molar-refractivity contribution in [3.05, 3.63) is 28.8 Å². The van der Waals surface area contributed by atoms with Crippen LogP contribution < -0.4 is 5.69 Å². The van der Waals surface area contributed by atoms with E-state index in [1.165, 1.54) is 4.57 Å². The Hall–Kier alpha value is -2.11. The molecule has 0 aliphatic rings. The smallest absolute Gasteiger partial charge is 0.327 e. The lowest BCUT2D eigenvalue weighted by molar-refractivity contribution is -0.143. The van der Waals surface area contributed by atoms with E-state index in [1.54, 1.807) is 25.3 Å². The molecule has 2 heterocycles. The van der Waals surface area contributed by atoms with Gasteiger partial charge >= 0.3 is 11.7 Å². The largest absolute Gasteiger partial charge is 0.466 e. The van der Waals surface area contributed by atoms with Gasteiger partial charge in [0.05, 0.1) is 18.5 Å². The van der Waals surface area contributed by atoms with Gasteiger partial charge in [-0.25, -0.2) is 9.78 Å². The summed E-state index contributed by atoms with van der Waals surface area (Å²) < 4.78 is 6.24. The van der Waals surface area contributed by atoms with Crippen molar-refractivity contribution in [1.29, 1.82) is 0 Å². The van der Waals surface area contributed by atoms with Crippen LogP contribution in [0.15, 0.2) is 23.1 Å². The second-order valence-electron chi connectivity index (χ2n) is 3.51. The molecule has 90 valence electrons. The molecule has 0 aromatic carbocycles. The van der Waals surface area contributed by atoms with E-state index in [9.17, 15) is 9.59 Å². The minimum atomic E-state index is -0.315. The molecule has 0 atom stereocenters. The van der Waals surface area contributed by atoms with Crippen LogP contribution in [0.4, 0.5) is 0 Å². The number of hydrogen-bond donors (Lipinski definition) is 1. The summed E-state index contributed by atoms with van der Waals surface area (Å²) in [5, 5.41) is 0. The van der Waals surface area contributed by atoms with Crippen molar-refractivity contribution in [1.82, 2.24) is 14.5 Å². The molecule has 6 heteroatoms. The van der Waals surface area contributed by atoms with E-state index in [-0.39, 0.29) is 24.6 Å². The third-order valence-corrected chi connectivity index (χ3v) is 2.37. The van der Waals surface area contributed by atoms with Gasteiger partial charge in [0.25, 0.3) is 0 Å². The molecule has 0 unspecified atom stereocenters. The molecule has 0 fully saturated rings. The number of pyridine rings is 1. The van der Waals surface area contributed by atoms with Crippen LogP contribution in [-0.2, 0) is 16.1 Å². The van der Waals surface area contributed by atoms with Gasteiger partial charge in [0.2, 0.25) is 0 Å². The Morgan fingerprint density at radius 1 is 1.59 bits per heavy atom. The Balaban J connectivity index is 2.21. The lowest BCUT2D eigenvalue weighted by atomic mass is 10.4. The number of imidazole rings is 1. The molecule has 17 heavy (non-hydrogen) atoms. The van der Waals surface area contributed by atoms with Crippen molar-refractivity contribution in [3.8, 4) is 0 Å². The van der Waals surface area contributed by atoms with Crippen LogP contribution in [-0.4, -0.2) is 27.1 Å². The highest BCUT2D eigenvalue weighted by molar-refractivity contribution is 5.71. The zero-order chi connectivity index (χ0) is 12.3. The zero-order valence-electron chi connectivity index (χ0n) is 9.47. The quantitative estimate of drug-likeness (QED) is 0.790. The Morgan fingerprint density at radius 3 is 3.18 bits per heavy atom. The third kappa shape index (κ3) is 2.35. The molecule has 0 bridgehead atoms. The second kappa shape index (κ2) is 4.82. The summed E-state index contributed by atoms with van der Waals surface area (Å²) in [7, 11) is 0. The first-order valence-electron chi connectivity index (χ1n) is 5.41. The molecule has 2 rings (SSSR count). The number of esters is 1. The van der Waals surface area contributed by atoms with Gasteiger partial charge in [0.15, 0.2) is 5.65 Å². The maximum atomic E-state index is 11.6. The molecule has 0 saturated heterocycles. The first-order chi connectivity index (χ1) is 8.22. The van der Waals surface area contributed by atoms with Crippen LogP contribution in [0, 0.1) is 0 Å². The number of aromatic nitrogens is 3. The summed E-state index contributed by atoms with van der Waals surface area (Å²) in [6, 6.07) is 3.51. The molecule has 0 radical (unpaired) electrons. The van der Waals surface area contributed by atoms with E-state index in [0.29, 0.717) is 17.8 Å². The van der Waals surface area contributed by atoms with E-state index in [0.717, 1.165) is 0 Å². The molecule has 2 aromatic rings. The fraction of sp³-hybridized carbons (Fsp3) is 0.364. The highest BCUT2D eigenvalue weighted by atomic mass is 16.5. The van der Waals surface area contributed by atoms with Gasteiger partial charge < -0.3 is 9.72 Å². The summed E-state index contributed by atoms with van der Waals surface area (Å²) in [5.74, 6) is -0.315. The molecule has 0 saturated carbocycles. The molecule has 0 aliphatic carbocycles. The lowest BCUT2D eigenvalue weighted by Gasteiger charge is -2.02. The molecule has 6 nitrogen and oxygen atoms in total. The van der Waals surface area contributed by atoms with Crippen LogP contribution in [0.25, 0.3) is 11.2 Å². The first kappa shape index (κ1) is 11.4. The zero-order valence-corrected chi connectivity index (χ0v) is 9.47. The topological polar surface area (TPSA) is 77.0 Å². The predicted molar refractivity (Wildman–Crippen MR) is 61.6 cm³/mol. The number of rotatable bonds is 4. The fourth-order valence-corrected chi connectivity index (χ4v) is 1.63. The van der Waals surface area contributed by atoms with Crippen LogP contribution in [0.2, 0.25) is 0 Å². The molecule has 0 aliphatic heterocycles. The average molecular weight is 235 g/mol. The minimum absolute atomic E-state index is 0.164. The van der Waals surface area contributed by atoms with Crippen molar-refractivity contribution < 1.29 is 9.53 Å². The number of ether oxygens (including phenoxy) is 1. The Labute approximate surface area is 97.2 Å². The number of aromatic amines is 1. The highest BCUT2D eigenvalue weighted by Crippen LogP contribution is 2.06. The van der Waals surface area contributed by atoms with Crippen LogP contribution in [0.3, 0.4) is 0 Å². The van der Waals surface area contributed by atoms with Gasteiger partial charge in [0, 0.05) is 12.7 Å². The van der Waals surface area contributed by atoms with Crippen molar-refractivity contribution in [2.24, 2.45) is 0 Å². The van der Waals surface area contributed by atoms with Gasteiger partial charge in [-0.3, -0.25) is 9.36 Å². The Bertz CT molecular complexity index is 585. The molecule has 1 N–H and O–H groups in total. The molecule has 0 spiro atoms. The van der Waals surface area contributed by atoms with E-state index in [1.807, 2.05) is 0 Å². The number of nitrogens with one attached hydrogen (secondary N) is 1. The number of hydrogen-bond acceptors (Lipinski definition) is 4. The number of nitrogens with zero attached hydrogens (tertiary/aromatic N) is 2. The molecular weight excluding hydrogens is 222 g/mol. The highest BCUT2D eigenvalue weighted by Gasteiger charge is 2.09. The monoisotopic (exact) mass is 235 g/mol. The second-order valence-corrected chi connectivity index (χ2v) is 3.51. The van der Waals surface area contributed by atoms with Crippen LogP contribution in [0.5, 0.6) is 0 Å². The number of fused-ring (bicyclic) bond motifs is 1. The summed E-state index contributed by atoms with van der Waals surface area (Å²) in [5.41, 5.74) is 0.964. The van der Waals surface area contributed by atoms with Crippen molar-refractivity contribution in [3.63, 3.8) is 0 Å². The summed E-state index contributed by atoms with van der Waals surface area (Å²) in [4.78, 5) is 29.6. The van der Waals surface area contributed by atoms with Crippen LogP contribution >= 0.6 is 0 Å². The number of aryl methyl sites for hydroxylation is 1. The lowest BCUT2D eigenvalue weighted by Crippen LogP contribution is -2.19. The molecular formula is C11H13N3O3. The standard InChI is InChI=1S/C11H13N3O3/c1-2-17-9(15)5-7-14-10-8(13-11(14)16)4-3-6-12-10/h3-4,6H,2,5,7H2,1H3,(H,13,16). The molecule has 2 aromatic heterocycles. The fourth-order valence-electron chi connectivity index (χ4n) is 1.63. The normalized spacial score (nSPS) is 10.6. The van der Waals surface area contributed by atoms with Crippen molar-refractivity contribution in [2.75, 3.05) is 6.61 Å². The van der Waals surface area contributed by atoms with E-state index < -0.39 is 0 Å². The number of carbonyl (C=O) groups excluding carboxylic acids is 1. The van der Waals surface area contributed by atoms with Gasteiger partial charge in [-0.15, -0.1) is 0 Å². The van der Waals surface area contributed by atoms with E-state index in [4.69, 9.17) is 4.74 Å². The van der Waals surface area contributed by atoms with Gasteiger partial charge in [-0.1, -0.05) is 0 Å². The van der Waals surface area contributed by atoms with Gasteiger partial charge in [-0.05, 0) is 19.1 Å². The Kier molecular flexibility index (Phi) is 3.22. The summed E-state index contributed by atoms with van der Waals surface area (Å²) in [6.45, 7) is 2.37. The molecule has 0 amide bonds. The maximum absolute atomic E-state index is 11.6. The third-order valence-electron chi connectivity index (χ3n) is 2.37. The Morgan fingerprint density at radius 2 is 2.41 bits per heavy atom. The van der Waals surface area contributed by atoms with Crippen molar-refractivity contribution in [2.45, 2.75) is 19.9 Å². The summed E-state index contributed by atoms with van der Waals surface area (Å²) >= 11 is 0. The number of H-pyrrole nitrogens is 1. The van der Waals surface area contributed by atoms with Gasteiger partial charge in [0.1, 0.15) is 0 Å². The predicted octanol–water partition coefficient (Wildman–Crippen LogP) is 0.678. The minimum Gasteiger partial charge on any atom is -0.466 e. The SMILES string of the molecule is CCOC(=O)CCn1c(=O)[nH]c2cccnc21. The van der Waals surface area contributed by atoms with Gasteiger partial charge in [-0.2, -0.15) is 0 Å². The van der Waals surface area contributed by atoms with E-state index in [2.05, 4.69) is 9.97 Å². The average Bonchev–Trinajstić information content (AvgIpc) is 2.62. The summed E-state index contributed by atoms with van der Waals surface area (Å²) in [6.07, 6.45) is 1.77. The first-order valence-corrected chi connectivity index (χ1v) is 5.41. The van der Waals surface area contributed by atoms with Crippen molar-refractivity contribution >= 4 is 17.1 Å². The maximum Gasteiger partial charge on any atom is 0.327 e.